The van der Waals surface area contributed by atoms with Gasteiger partial charge in [-0.3, -0.25) is 5.32 Å². The number of nitrogens with zero attached hydrogens (tertiary/aromatic N) is 2. The number of rotatable bonds is 12. The van der Waals surface area contributed by atoms with E-state index in [-0.39, 0.29) is 6.73 Å². The molecule has 0 spiro atoms. The van der Waals surface area contributed by atoms with Crippen molar-refractivity contribution >= 4 is 34.7 Å². The van der Waals surface area contributed by atoms with Gasteiger partial charge in [0, 0.05) is 24.2 Å². The highest BCUT2D eigenvalue weighted by atomic mass is 35.5. The van der Waals surface area contributed by atoms with Gasteiger partial charge in [0.05, 0.1) is 30.2 Å². The fraction of sp³-hybridized carbons (Fsp3) is 0.304. The van der Waals surface area contributed by atoms with Gasteiger partial charge in [-0.15, -0.1) is 11.3 Å². The van der Waals surface area contributed by atoms with Crippen LogP contribution in [-0.2, 0) is 11.3 Å². The van der Waals surface area contributed by atoms with Gasteiger partial charge in [0.25, 0.3) is 0 Å². The second-order valence-electron chi connectivity index (χ2n) is 6.69. The number of anilines is 1. The van der Waals surface area contributed by atoms with Crippen LogP contribution in [0.4, 0.5) is 5.82 Å². The lowest BCUT2D eigenvalue weighted by atomic mass is 10.2. The Morgan fingerprint density at radius 1 is 1.19 bits per heavy atom. The summed E-state index contributed by atoms with van der Waals surface area (Å²) in [6, 6.07) is 14.8. The summed E-state index contributed by atoms with van der Waals surface area (Å²) in [5.74, 6) is 1.53. The van der Waals surface area contributed by atoms with E-state index in [9.17, 15) is 4.79 Å². The molecule has 1 aromatic carbocycles. The maximum atomic E-state index is 11.9. The average Bonchev–Trinajstić information content (AvgIpc) is 3.23. The Labute approximate surface area is 196 Å². The number of halogens is 1. The highest BCUT2D eigenvalue weighted by molar-refractivity contribution is 7.16. The lowest BCUT2D eigenvalue weighted by Gasteiger charge is -2.23. The SMILES string of the molecule is CCOC(=O)c1ccc(OCNCCN(Cc2ccc(Cl)s2)c2ccccn2)c(OC)c1. The number of hydrogen-bond donors (Lipinski definition) is 1. The number of pyridine rings is 1. The fourth-order valence-corrected chi connectivity index (χ4v) is 4.09. The molecule has 2 aromatic heterocycles. The molecule has 0 fully saturated rings. The molecule has 0 unspecified atom stereocenters. The van der Waals surface area contributed by atoms with Crippen LogP contribution < -0.4 is 19.7 Å². The third-order valence-corrected chi connectivity index (χ3v) is 5.73. The number of aromatic nitrogens is 1. The molecule has 0 radical (unpaired) electrons. The van der Waals surface area contributed by atoms with Crippen LogP contribution in [-0.4, -0.2) is 44.5 Å². The Morgan fingerprint density at radius 3 is 2.75 bits per heavy atom. The summed E-state index contributed by atoms with van der Waals surface area (Å²) in [5.41, 5.74) is 0.420. The zero-order valence-electron chi connectivity index (χ0n) is 18.0. The van der Waals surface area contributed by atoms with E-state index in [1.54, 1.807) is 42.7 Å². The van der Waals surface area contributed by atoms with Gasteiger partial charge < -0.3 is 19.1 Å². The molecule has 2 heterocycles. The van der Waals surface area contributed by atoms with E-state index in [0.717, 1.165) is 23.2 Å². The number of ether oxygens (including phenoxy) is 3. The zero-order valence-corrected chi connectivity index (χ0v) is 19.6. The molecular formula is C23H26ClN3O4S. The fourth-order valence-electron chi connectivity index (χ4n) is 2.98. The van der Waals surface area contributed by atoms with E-state index in [1.165, 1.54) is 12.0 Å². The van der Waals surface area contributed by atoms with Crippen molar-refractivity contribution in [2.45, 2.75) is 13.5 Å². The quantitative estimate of drug-likeness (QED) is 0.233. The van der Waals surface area contributed by atoms with Crippen molar-refractivity contribution in [3.05, 3.63) is 69.5 Å². The van der Waals surface area contributed by atoms with E-state index in [0.29, 0.717) is 30.2 Å². The summed E-state index contributed by atoms with van der Waals surface area (Å²) in [7, 11) is 1.53. The number of methoxy groups -OCH3 is 1. The topological polar surface area (TPSA) is 72.9 Å². The van der Waals surface area contributed by atoms with Gasteiger partial charge in [-0.1, -0.05) is 17.7 Å². The van der Waals surface area contributed by atoms with Crippen LogP contribution in [0.1, 0.15) is 22.2 Å². The van der Waals surface area contributed by atoms with E-state index in [4.69, 9.17) is 25.8 Å². The molecule has 3 aromatic rings. The van der Waals surface area contributed by atoms with Gasteiger partial charge in [0.15, 0.2) is 11.5 Å². The average molecular weight is 476 g/mol. The summed E-state index contributed by atoms with van der Waals surface area (Å²) in [5, 5.41) is 3.27. The van der Waals surface area contributed by atoms with Gasteiger partial charge >= 0.3 is 5.97 Å². The number of benzene rings is 1. The first-order chi connectivity index (χ1) is 15.6. The van der Waals surface area contributed by atoms with Crippen molar-refractivity contribution in [2.75, 3.05) is 38.4 Å². The largest absolute Gasteiger partial charge is 0.493 e. The summed E-state index contributed by atoms with van der Waals surface area (Å²) in [6.07, 6.45) is 1.78. The van der Waals surface area contributed by atoms with Gasteiger partial charge in [-0.2, -0.15) is 0 Å². The van der Waals surface area contributed by atoms with E-state index in [2.05, 4.69) is 15.2 Å². The first-order valence-corrected chi connectivity index (χ1v) is 11.4. The van der Waals surface area contributed by atoms with Crippen LogP contribution in [0.3, 0.4) is 0 Å². The summed E-state index contributed by atoms with van der Waals surface area (Å²) in [4.78, 5) is 19.7. The molecule has 0 saturated heterocycles. The lowest BCUT2D eigenvalue weighted by molar-refractivity contribution is 0.0526. The minimum atomic E-state index is -0.392. The molecule has 0 atom stereocenters. The van der Waals surface area contributed by atoms with E-state index < -0.39 is 5.97 Å². The smallest absolute Gasteiger partial charge is 0.338 e. The van der Waals surface area contributed by atoms with Crippen LogP contribution in [0.5, 0.6) is 11.5 Å². The summed E-state index contributed by atoms with van der Waals surface area (Å²) < 4.78 is 16.9. The number of thiophene rings is 1. The maximum Gasteiger partial charge on any atom is 0.338 e. The van der Waals surface area contributed by atoms with Crippen molar-refractivity contribution in [1.82, 2.24) is 10.3 Å². The van der Waals surface area contributed by atoms with Crippen molar-refractivity contribution < 1.29 is 19.0 Å². The maximum absolute atomic E-state index is 11.9. The molecule has 0 amide bonds. The first kappa shape index (κ1) is 23.8. The van der Waals surface area contributed by atoms with Crippen LogP contribution in [0, 0.1) is 0 Å². The van der Waals surface area contributed by atoms with E-state index >= 15 is 0 Å². The van der Waals surface area contributed by atoms with Crippen LogP contribution in [0.15, 0.2) is 54.7 Å². The number of hydrogen-bond acceptors (Lipinski definition) is 8. The van der Waals surface area contributed by atoms with Gasteiger partial charge in [-0.05, 0) is 49.4 Å². The minimum Gasteiger partial charge on any atom is -0.493 e. The van der Waals surface area contributed by atoms with Crippen LogP contribution >= 0.6 is 22.9 Å². The molecule has 7 nitrogen and oxygen atoms in total. The van der Waals surface area contributed by atoms with Gasteiger partial charge in [0.2, 0.25) is 0 Å². The Morgan fingerprint density at radius 2 is 2.06 bits per heavy atom. The molecule has 0 saturated carbocycles. The normalized spacial score (nSPS) is 10.6. The second kappa shape index (κ2) is 12.3. The summed E-state index contributed by atoms with van der Waals surface area (Å²) in [6.45, 7) is 4.50. The molecule has 3 rings (SSSR count). The first-order valence-electron chi connectivity index (χ1n) is 10.2. The Bertz CT molecular complexity index is 1000. The van der Waals surface area contributed by atoms with Gasteiger partial charge in [-0.25, -0.2) is 9.78 Å². The molecule has 0 aliphatic rings. The molecule has 1 N–H and O–H groups in total. The van der Waals surface area contributed by atoms with Crippen molar-refractivity contribution in [3.8, 4) is 11.5 Å². The third kappa shape index (κ3) is 6.85. The van der Waals surface area contributed by atoms with Gasteiger partial charge in [0.1, 0.15) is 12.5 Å². The zero-order chi connectivity index (χ0) is 22.8. The predicted octanol–water partition coefficient (Wildman–Crippen LogP) is 4.61. The molecule has 170 valence electrons. The molecule has 0 bridgehead atoms. The number of carbonyl (C=O) groups is 1. The van der Waals surface area contributed by atoms with E-state index in [1.807, 2.05) is 30.3 Å². The highest BCUT2D eigenvalue weighted by Gasteiger charge is 2.13. The Kier molecular flexibility index (Phi) is 9.15. The lowest BCUT2D eigenvalue weighted by Crippen LogP contribution is -2.33. The van der Waals surface area contributed by atoms with Crippen LogP contribution in [0.2, 0.25) is 4.34 Å². The summed E-state index contributed by atoms with van der Waals surface area (Å²) >= 11 is 7.65. The molecule has 32 heavy (non-hydrogen) atoms. The Balaban J connectivity index is 1.53. The molecule has 9 heteroatoms. The van der Waals surface area contributed by atoms with Crippen molar-refractivity contribution in [2.24, 2.45) is 0 Å². The number of esters is 1. The molecule has 0 aliphatic carbocycles. The predicted molar refractivity (Wildman–Crippen MR) is 127 cm³/mol. The third-order valence-electron chi connectivity index (χ3n) is 4.51. The van der Waals surface area contributed by atoms with Crippen molar-refractivity contribution in [3.63, 3.8) is 0 Å². The molecule has 0 aliphatic heterocycles. The highest BCUT2D eigenvalue weighted by Crippen LogP contribution is 2.28. The minimum absolute atomic E-state index is 0.288. The number of carbonyl (C=O) groups excluding carboxylic acids is 1. The molecular weight excluding hydrogens is 450 g/mol. The second-order valence-corrected chi connectivity index (χ2v) is 8.49. The monoisotopic (exact) mass is 475 g/mol. The van der Waals surface area contributed by atoms with Crippen molar-refractivity contribution in [1.29, 1.82) is 0 Å². The number of nitrogens with one attached hydrogen (secondary N) is 1. The standard InChI is InChI=1S/C23H26ClN3O4S/c1-3-30-23(28)17-7-9-19(20(14-17)29-2)31-16-25-12-13-27(22-6-4-5-11-26-22)15-18-8-10-21(24)32-18/h4-11,14,25H,3,12-13,15-16H2,1-2H3. The van der Waals surface area contributed by atoms with Crippen LogP contribution in [0.25, 0.3) is 0 Å². The Hall–Kier alpha value is -2.81.